The van der Waals surface area contributed by atoms with Gasteiger partial charge in [-0.1, -0.05) is 30.0 Å². The summed E-state index contributed by atoms with van der Waals surface area (Å²) < 4.78 is 44.3. The van der Waals surface area contributed by atoms with E-state index in [-0.39, 0.29) is 28.3 Å². The van der Waals surface area contributed by atoms with Gasteiger partial charge in [-0.2, -0.15) is 13.2 Å². The van der Waals surface area contributed by atoms with Crippen molar-refractivity contribution in [3.63, 3.8) is 0 Å². The lowest BCUT2D eigenvalue weighted by atomic mass is 10.2. The van der Waals surface area contributed by atoms with E-state index >= 15 is 0 Å². The van der Waals surface area contributed by atoms with Crippen LogP contribution in [0.15, 0.2) is 29.3 Å². The lowest BCUT2D eigenvalue weighted by molar-refractivity contribution is -0.145. The van der Waals surface area contributed by atoms with E-state index in [1.54, 1.807) is 18.2 Å². The zero-order chi connectivity index (χ0) is 17.9. The smallest absolute Gasteiger partial charge is 0.376 e. The molecule has 0 radical (unpaired) electrons. The molecule has 25 heavy (non-hydrogen) atoms. The highest BCUT2D eigenvalue weighted by Gasteiger charge is 2.35. The third-order valence-electron chi connectivity index (χ3n) is 3.71. The normalized spacial score (nSPS) is 17.8. The molecule has 1 amide bonds. The van der Waals surface area contributed by atoms with Gasteiger partial charge in [0.15, 0.2) is 0 Å². The topological polar surface area (TPSA) is 64.1 Å². The molecule has 1 atom stereocenters. The number of fused-ring (bicyclic) bond motifs is 1. The van der Waals surface area contributed by atoms with Gasteiger partial charge in [-0.25, -0.2) is 9.97 Å². The molecular formula is C16H16F3N3O2S. The second-order valence-electron chi connectivity index (χ2n) is 5.60. The van der Waals surface area contributed by atoms with Gasteiger partial charge in [0.25, 0.3) is 0 Å². The van der Waals surface area contributed by atoms with Gasteiger partial charge in [0.2, 0.25) is 11.7 Å². The molecule has 1 N–H and O–H groups in total. The predicted octanol–water partition coefficient (Wildman–Crippen LogP) is 3.04. The van der Waals surface area contributed by atoms with Gasteiger partial charge in [0.05, 0.1) is 17.4 Å². The summed E-state index contributed by atoms with van der Waals surface area (Å²) >= 11 is 0.967. The first kappa shape index (κ1) is 17.9. The maximum Gasteiger partial charge on any atom is 0.451 e. The molecule has 9 heteroatoms. The lowest BCUT2D eigenvalue weighted by Crippen LogP contribution is -2.32. The quantitative estimate of drug-likeness (QED) is 0.647. The number of aromatic nitrogens is 2. The molecule has 2 heterocycles. The first-order chi connectivity index (χ1) is 11.9. The van der Waals surface area contributed by atoms with Crippen LogP contribution >= 0.6 is 11.8 Å². The maximum absolute atomic E-state index is 13.0. The average Bonchev–Trinajstić information content (AvgIpc) is 3.10. The Morgan fingerprint density at radius 3 is 2.84 bits per heavy atom. The van der Waals surface area contributed by atoms with E-state index < -0.39 is 12.0 Å². The number of alkyl halides is 3. The van der Waals surface area contributed by atoms with Gasteiger partial charge in [0, 0.05) is 18.5 Å². The Bertz CT molecular complexity index is 764. The standard InChI is InChI=1S/C16H16F3N3O2S/c17-16(18,19)15-21-12-6-2-1-5-11(12)14(22-15)25-9-13(23)20-8-10-4-3-7-24-10/h1-2,5-6,10H,3-4,7-9H2,(H,20,23)/t10-/m1/s1. The number of nitrogens with zero attached hydrogens (tertiary/aromatic N) is 2. The summed E-state index contributed by atoms with van der Waals surface area (Å²) in [5.74, 6) is -1.49. The molecule has 2 aromatic rings. The number of para-hydroxylation sites is 1. The molecule has 5 nitrogen and oxygen atoms in total. The minimum absolute atomic E-state index is 0.0191. The number of hydrogen-bond donors (Lipinski definition) is 1. The van der Waals surface area contributed by atoms with Crippen molar-refractivity contribution < 1.29 is 22.7 Å². The van der Waals surface area contributed by atoms with E-state index in [0.717, 1.165) is 24.6 Å². The Hall–Kier alpha value is -1.87. The Balaban J connectivity index is 1.70. The summed E-state index contributed by atoms with van der Waals surface area (Å²) in [5, 5.41) is 3.37. The van der Waals surface area contributed by atoms with Crippen molar-refractivity contribution in [3.8, 4) is 0 Å². The van der Waals surface area contributed by atoms with Crippen LogP contribution < -0.4 is 5.32 Å². The minimum atomic E-state index is -4.64. The fourth-order valence-electron chi connectivity index (χ4n) is 2.50. The maximum atomic E-state index is 13.0. The van der Waals surface area contributed by atoms with Gasteiger partial charge in [-0.3, -0.25) is 4.79 Å². The van der Waals surface area contributed by atoms with Gasteiger partial charge in [-0.05, 0) is 18.9 Å². The van der Waals surface area contributed by atoms with E-state index in [9.17, 15) is 18.0 Å². The molecule has 1 aromatic heterocycles. The van der Waals surface area contributed by atoms with E-state index in [4.69, 9.17) is 4.74 Å². The Labute approximate surface area is 146 Å². The second kappa shape index (κ2) is 7.57. The van der Waals surface area contributed by atoms with Crippen LogP contribution in [0.5, 0.6) is 0 Å². The van der Waals surface area contributed by atoms with E-state index in [0.29, 0.717) is 18.5 Å². The summed E-state index contributed by atoms with van der Waals surface area (Å²) in [6, 6.07) is 6.44. The molecule has 1 aromatic carbocycles. The van der Waals surface area contributed by atoms with Crippen molar-refractivity contribution in [1.29, 1.82) is 0 Å². The van der Waals surface area contributed by atoms with Crippen LogP contribution in [0.3, 0.4) is 0 Å². The van der Waals surface area contributed by atoms with Crippen LogP contribution in [0.2, 0.25) is 0 Å². The molecule has 0 unspecified atom stereocenters. The predicted molar refractivity (Wildman–Crippen MR) is 87.2 cm³/mol. The summed E-state index contributed by atoms with van der Waals surface area (Å²) in [7, 11) is 0. The summed E-state index contributed by atoms with van der Waals surface area (Å²) in [6.07, 6.45) is -2.74. The van der Waals surface area contributed by atoms with Crippen molar-refractivity contribution in [1.82, 2.24) is 15.3 Å². The van der Waals surface area contributed by atoms with E-state index in [2.05, 4.69) is 15.3 Å². The molecule has 1 aliphatic heterocycles. The average molecular weight is 371 g/mol. The largest absolute Gasteiger partial charge is 0.451 e. The van der Waals surface area contributed by atoms with Gasteiger partial charge in [-0.15, -0.1) is 0 Å². The summed E-state index contributed by atoms with van der Waals surface area (Å²) in [5.41, 5.74) is 0.201. The first-order valence-corrected chi connectivity index (χ1v) is 8.77. The summed E-state index contributed by atoms with van der Waals surface area (Å²) in [4.78, 5) is 19.1. The zero-order valence-electron chi connectivity index (χ0n) is 13.2. The number of thioether (sulfide) groups is 1. The van der Waals surface area contributed by atoms with Crippen LogP contribution in [0.25, 0.3) is 10.9 Å². The molecule has 1 saturated heterocycles. The SMILES string of the molecule is O=C(CSc1nc(C(F)(F)F)nc2ccccc12)NC[C@H]1CCCO1. The number of halogens is 3. The summed E-state index contributed by atoms with van der Waals surface area (Å²) in [6.45, 7) is 1.11. The number of carbonyl (C=O) groups is 1. The lowest BCUT2D eigenvalue weighted by Gasteiger charge is -2.12. The zero-order valence-corrected chi connectivity index (χ0v) is 14.0. The van der Waals surface area contributed by atoms with Crippen LogP contribution in [0.4, 0.5) is 13.2 Å². The first-order valence-electron chi connectivity index (χ1n) is 7.78. The highest BCUT2D eigenvalue weighted by molar-refractivity contribution is 8.00. The van der Waals surface area contributed by atoms with Crippen molar-refractivity contribution >= 4 is 28.6 Å². The molecule has 0 aliphatic carbocycles. The fourth-order valence-corrected chi connectivity index (χ4v) is 3.35. The second-order valence-corrected chi connectivity index (χ2v) is 6.56. The van der Waals surface area contributed by atoms with Crippen molar-refractivity contribution in [2.45, 2.75) is 30.1 Å². The Morgan fingerprint density at radius 2 is 2.12 bits per heavy atom. The Kier molecular flexibility index (Phi) is 5.43. The van der Waals surface area contributed by atoms with Crippen molar-refractivity contribution in [2.24, 2.45) is 0 Å². The highest BCUT2D eigenvalue weighted by atomic mass is 32.2. The number of carbonyl (C=O) groups excluding carboxylic acids is 1. The fraction of sp³-hybridized carbons (Fsp3) is 0.438. The van der Waals surface area contributed by atoms with Gasteiger partial charge >= 0.3 is 6.18 Å². The Morgan fingerprint density at radius 1 is 1.32 bits per heavy atom. The van der Waals surface area contributed by atoms with Crippen LogP contribution in [-0.4, -0.2) is 40.9 Å². The van der Waals surface area contributed by atoms with Crippen LogP contribution in [0.1, 0.15) is 18.7 Å². The molecule has 0 spiro atoms. The van der Waals surface area contributed by atoms with Crippen molar-refractivity contribution in [3.05, 3.63) is 30.1 Å². The van der Waals surface area contributed by atoms with Gasteiger partial charge < -0.3 is 10.1 Å². The third-order valence-corrected chi connectivity index (χ3v) is 4.70. The van der Waals surface area contributed by atoms with E-state index in [1.807, 2.05) is 0 Å². The van der Waals surface area contributed by atoms with E-state index in [1.165, 1.54) is 6.07 Å². The monoisotopic (exact) mass is 371 g/mol. The van der Waals surface area contributed by atoms with Gasteiger partial charge in [0.1, 0.15) is 5.03 Å². The molecular weight excluding hydrogens is 355 g/mol. The number of nitrogens with one attached hydrogen (secondary N) is 1. The molecule has 1 fully saturated rings. The van der Waals surface area contributed by atoms with Crippen molar-refractivity contribution in [2.75, 3.05) is 18.9 Å². The number of rotatable bonds is 5. The van der Waals surface area contributed by atoms with Crippen LogP contribution in [-0.2, 0) is 15.7 Å². The van der Waals surface area contributed by atoms with Crippen LogP contribution in [0, 0.1) is 0 Å². The minimum Gasteiger partial charge on any atom is -0.376 e. The highest BCUT2D eigenvalue weighted by Crippen LogP contribution is 2.31. The number of hydrogen-bond acceptors (Lipinski definition) is 5. The number of amides is 1. The third kappa shape index (κ3) is 4.60. The molecule has 134 valence electrons. The molecule has 1 aliphatic rings. The number of ether oxygens (including phenoxy) is 1. The molecule has 0 saturated carbocycles. The molecule has 3 rings (SSSR count). The number of benzene rings is 1. The molecule has 0 bridgehead atoms.